The zero-order chi connectivity index (χ0) is 18.8. The van der Waals surface area contributed by atoms with E-state index in [0.29, 0.717) is 36.4 Å². The molecule has 6 nitrogen and oxygen atoms in total. The minimum atomic E-state index is -0.258. The summed E-state index contributed by atoms with van der Waals surface area (Å²) in [5.74, 6) is 1.82. The molecule has 0 saturated carbocycles. The Morgan fingerprint density at radius 1 is 1.12 bits per heavy atom. The number of rotatable bonds is 9. The van der Waals surface area contributed by atoms with Crippen LogP contribution >= 0.6 is 0 Å². The Morgan fingerprint density at radius 3 is 2.54 bits per heavy atom. The lowest BCUT2D eigenvalue weighted by atomic mass is 10.1. The highest BCUT2D eigenvalue weighted by Gasteiger charge is 2.03. The fraction of sp³-hybridized carbons (Fsp3) is 0.400. The molecule has 0 bridgehead atoms. The maximum atomic E-state index is 11.8. The monoisotopic (exact) mass is 357 g/mol. The van der Waals surface area contributed by atoms with Gasteiger partial charge in [0.2, 0.25) is 5.88 Å². The second-order valence-electron chi connectivity index (χ2n) is 6.48. The van der Waals surface area contributed by atoms with Gasteiger partial charge in [-0.2, -0.15) is 0 Å². The molecule has 0 spiro atoms. The first-order valence-corrected chi connectivity index (χ1v) is 8.86. The molecule has 1 aromatic carbocycles. The number of hydrogen-bond donors (Lipinski definition) is 2. The number of benzene rings is 1. The molecule has 0 aliphatic heterocycles. The van der Waals surface area contributed by atoms with Crippen LogP contribution in [-0.2, 0) is 4.74 Å². The number of aryl methyl sites for hydroxylation is 1. The van der Waals surface area contributed by atoms with Crippen LogP contribution in [0.15, 0.2) is 42.6 Å². The number of aromatic nitrogens is 1. The molecular formula is C20H27N3O3. The molecular weight excluding hydrogens is 330 g/mol. The summed E-state index contributed by atoms with van der Waals surface area (Å²) in [6.07, 6.45) is 2.78. The molecule has 1 aromatic heterocycles. The number of amides is 2. The molecule has 26 heavy (non-hydrogen) atoms. The third-order valence-corrected chi connectivity index (χ3v) is 3.59. The van der Waals surface area contributed by atoms with Gasteiger partial charge in [-0.25, -0.2) is 9.78 Å². The van der Waals surface area contributed by atoms with E-state index in [1.165, 1.54) is 0 Å². The smallest absolute Gasteiger partial charge is 0.319 e. The van der Waals surface area contributed by atoms with Gasteiger partial charge in [0.15, 0.2) is 0 Å². The zero-order valence-corrected chi connectivity index (χ0v) is 15.6. The van der Waals surface area contributed by atoms with E-state index in [-0.39, 0.29) is 6.03 Å². The van der Waals surface area contributed by atoms with Crippen molar-refractivity contribution in [3.8, 4) is 11.6 Å². The lowest BCUT2D eigenvalue weighted by Crippen LogP contribution is -2.31. The first-order chi connectivity index (χ1) is 12.5. The fourth-order valence-electron chi connectivity index (χ4n) is 2.07. The molecule has 2 N–H and O–H groups in total. The molecule has 0 saturated heterocycles. The normalized spacial score (nSPS) is 10.6. The average Bonchev–Trinajstić information content (AvgIpc) is 2.61. The maximum Gasteiger partial charge on any atom is 0.319 e. The van der Waals surface area contributed by atoms with Crippen molar-refractivity contribution in [1.82, 2.24) is 10.3 Å². The summed E-state index contributed by atoms with van der Waals surface area (Å²) >= 11 is 0. The Kier molecular flexibility index (Phi) is 7.89. The number of carbonyl (C=O) groups is 1. The van der Waals surface area contributed by atoms with Crippen LogP contribution in [0.4, 0.5) is 10.5 Å². The number of nitrogens with one attached hydrogen (secondary N) is 2. The number of carbonyl (C=O) groups excluding carboxylic acids is 1. The van der Waals surface area contributed by atoms with Crippen LogP contribution in [0.5, 0.6) is 11.6 Å². The topological polar surface area (TPSA) is 72.5 Å². The van der Waals surface area contributed by atoms with E-state index in [9.17, 15) is 4.79 Å². The SMILES string of the molecule is Cc1ccc(Oc2ccc(NC(=O)NCCOCCC(C)C)cc2)nc1. The van der Waals surface area contributed by atoms with Crippen molar-refractivity contribution < 1.29 is 14.3 Å². The van der Waals surface area contributed by atoms with Crippen LogP contribution in [0.1, 0.15) is 25.8 Å². The molecule has 0 fully saturated rings. The van der Waals surface area contributed by atoms with Crippen LogP contribution in [0.3, 0.4) is 0 Å². The maximum absolute atomic E-state index is 11.8. The zero-order valence-electron chi connectivity index (χ0n) is 15.6. The van der Waals surface area contributed by atoms with Gasteiger partial charge < -0.3 is 20.1 Å². The second kappa shape index (κ2) is 10.4. The van der Waals surface area contributed by atoms with Crippen LogP contribution in [-0.4, -0.2) is 30.8 Å². The largest absolute Gasteiger partial charge is 0.439 e. The number of anilines is 1. The van der Waals surface area contributed by atoms with Crippen LogP contribution < -0.4 is 15.4 Å². The molecule has 2 amide bonds. The first-order valence-electron chi connectivity index (χ1n) is 8.86. The van der Waals surface area contributed by atoms with E-state index in [0.717, 1.165) is 18.6 Å². The molecule has 1 heterocycles. The fourth-order valence-corrected chi connectivity index (χ4v) is 2.07. The summed E-state index contributed by atoms with van der Waals surface area (Å²) < 4.78 is 11.1. The predicted molar refractivity (Wildman–Crippen MR) is 103 cm³/mol. The summed E-state index contributed by atoms with van der Waals surface area (Å²) in [6, 6.07) is 10.6. The first kappa shape index (κ1) is 19.7. The van der Waals surface area contributed by atoms with Crippen molar-refractivity contribution in [1.29, 1.82) is 0 Å². The van der Waals surface area contributed by atoms with Gasteiger partial charge in [0, 0.05) is 31.1 Å². The van der Waals surface area contributed by atoms with Crippen molar-refractivity contribution in [2.24, 2.45) is 5.92 Å². The van der Waals surface area contributed by atoms with Crippen molar-refractivity contribution >= 4 is 11.7 Å². The van der Waals surface area contributed by atoms with Crippen molar-refractivity contribution in [2.45, 2.75) is 27.2 Å². The molecule has 0 aliphatic carbocycles. The Balaban J connectivity index is 1.69. The van der Waals surface area contributed by atoms with Gasteiger partial charge >= 0.3 is 6.03 Å². The van der Waals surface area contributed by atoms with Crippen molar-refractivity contribution in [3.63, 3.8) is 0 Å². The lowest BCUT2D eigenvalue weighted by Gasteiger charge is -2.10. The van der Waals surface area contributed by atoms with Crippen LogP contribution in [0.2, 0.25) is 0 Å². The summed E-state index contributed by atoms with van der Waals surface area (Å²) in [7, 11) is 0. The minimum Gasteiger partial charge on any atom is -0.439 e. The molecule has 0 atom stereocenters. The van der Waals surface area contributed by atoms with Crippen LogP contribution in [0, 0.1) is 12.8 Å². The lowest BCUT2D eigenvalue weighted by molar-refractivity contribution is 0.126. The molecule has 0 radical (unpaired) electrons. The Morgan fingerprint density at radius 2 is 1.88 bits per heavy atom. The molecule has 140 valence electrons. The number of urea groups is 1. The summed E-state index contributed by atoms with van der Waals surface area (Å²) in [5, 5.41) is 5.54. The summed E-state index contributed by atoms with van der Waals surface area (Å²) in [6.45, 7) is 7.99. The molecule has 2 rings (SSSR count). The van der Waals surface area contributed by atoms with E-state index in [4.69, 9.17) is 9.47 Å². The number of ether oxygens (including phenoxy) is 2. The van der Waals surface area contributed by atoms with E-state index in [1.807, 2.05) is 19.1 Å². The summed E-state index contributed by atoms with van der Waals surface area (Å²) in [5.41, 5.74) is 1.76. The highest BCUT2D eigenvalue weighted by Crippen LogP contribution is 2.21. The Labute approximate surface area is 154 Å². The van der Waals surface area contributed by atoms with E-state index >= 15 is 0 Å². The average molecular weight is 357 g/mol. The molecule has 0 aliphatic rings. The van der Waals surface area contributed by atoms with Gasteiger partial charge in [-0.15, -0.1) is 0 Å². The molecule has 6 heteroatoms. The summed E-state index contributed by atoms with van der Waals surface area (Å²) in [4.78, 5) is 16.0. The van der Waals surface area contributed by atoms with Gasteiger partial charge in [0.1, 0.15) is 5.75 Å². The Hall–Kier alpha value is -2.60. The molecule has 0 unspecified atom stereocenters. The van der Waals surface area contributed by atoms with E-state index in [1.54, 1.807) is 30.5 Å². The minimum absolute atomic E-state index is 0.258. The highest BCUT2D eigenvalue weighted by atomic mass is 16.5. The third kappa shape index (κ3) is 7.53. The van der Waals surface area contributed by atoms with E-state index in [2.05, 4.69) is 29.5 Å². The second-order valence-corrected chi connectivity index (χ2v) is 6.48. The van der Waals surface area contributed by atoms with Gasteiger partial charge in [0.25, 0.3) is 0 Å². The number of pyridine rings is 1. The number of hydrogen-bond acceptors (Lipinski definition) is 4. The van der Waals surface area contributed by atoms with Crippen molar-refractivity contribution in [3.05, 3.63) is 48.2 Å². The van der Waals surface area contributed by atoms with Gasteiger partial charge in [0.05, 0.1) is 6.61 Å². The number of nitrogens with zero attached hydrogens (tertiary/aromatic N) is 1. The Bertz CT molecular complexity index is 670. The van der Waals surface area contributed by atoms with Gasteiger partial charge in [-0.3, -0.25) is 0 Å². The standard InChI is InChI=1S/C20H27N3O3/c1-15(2)10-12-25-13-11-21-20(24)23-17-5-7-18(8-6-17)26-19-9-4-16(3)14-22-19/h4-9,14-15H,10-13H2,1-3H3,(H2,21,23,24). The molecule has 2 aromatic rings. The third-order valence-electron chi connectivity index (χ3n) is 3.59. The van der Waals surface area contributed by atoms with E-state index < -0.39 is 0 Å². The van der Waals surface area contributed by atoms with Crippen molar-refractivity contribution in [2.75, 3.05) is 25.1 Å². The predicted octanol–water partition coefficient (Wildman–Crippen LogP) is 4.37. The van der Waals surface area contributed by atoms with Gasteiger partial charge in [-0.05, 0) is 49.1 Å². The van der Waals surface area contributed by atoms with Crippen LogP contribution in [0.25, 0.3) is 0 Å². The highest BCUT2D eigenvalue weighted by molar-refractivity contribution is 5.89. The quantitative estimate of drug-likeness (QED) is 0.654. The van der Waals surface area contributed by atoms with Gasteiger partial charge in [-0.1, -0.05) is 19.9 Å².